The molecule has 1 aliphatic rings. The molecule has 0 bridgehead atoms. The number of rotatable bonds is 9. The Balaban J connectivity index is 2.63. The van der Waals surface area contributed by atoms with Crippen molar-refractivity contribution in [3.8, 4) is 0 Å². The van der Waals surface area contributed by atoms with Gasteiger partial charge in [0, 0.05) is 18.3 Å². The summed E-state index contributed by atoms with van der Waals surface area (Å²) in [7, 11) is -2.76. The Morgan fingerprint density at radius 2 is 1.88 bits per heavy atom. The Hall–Kier alpha value is -1.28. The molecule has 1 heterocycles. The maximum Gasteiger partial charge on any atom is 0.478 e. The summed E-state index contributed by atoms with van der Waals surface area (Å²) >= 11 is 0. The van der Waals surface area contributed by atoms with E-state index in [0.717, 1.165) is 0 Å². The van der Waals surface area contributed by atoms with Crippen LogP contribution in [0.1, 0.15) is 47.0 Å². The van der Waals surface area contributed by atoms with Crippen molar-refractivity contribution in [2.75, 3.05) is 20.5 Å². The van der Waals surface area contributed by atoms with Gasteiger partial charge in [-0.2, -0.15) is 0 Å². The number of methoxy groups -OCH3 is 1. The molecule has 0 saturated carbocycles. The van der Waals surface area contributed by atoms with Crippen LogP contribution in [0, 0.1) is 11.3 Å². The number of phosphoric ester groups is 1. The van der Waals surface area contributed by atoms with E-state index in [0.29, 0.717) is 6.42 Å². The van der Waals surface area contributed by atoms with Crippen molar-refractivity contribution in [1.29, 1.82) is 0 Å². The van der Waals surface area contributed by atoms with Crippen LogP contribution in [0.2, 0.25) is 0 Å². The van der Waals surface area contributed by atoms with E-state index in [9.17, 15) is 18.9 Å². The Kier molecular flexibility index (Phi) is 8.40. The number of Topliss-reactive ketones (excluding diaryl/α,β-unsaturated/α-hetero) is 1. The Morgan fingerprint density at radius 3 is 2.46 bits per heavy atom. The van der Waals surface area contributed by atoms with E-state index in [2.05, 4.69) is 4.74 Å². The van der Waals surface area contributed by atoms with Gasteiger partial charge in [0.2, 0.25) is 6.79 Å². The average molecular weight is 394 g/mol. The Morgan fingerprint density at radius 1 is 1.23 bits per heavy atom. The third-order valence-corrected chi connectivity index (χ3v) is 5.08. The minimum atomic E-state index is -4.04. The highest BCUT2D eigenvalue weighted by Crippen LogP contribution is 2.57. The van der Waals surface area contributed by atoms with Gasteiger partial charge in [0.25, 0.3) is 0 Å². The number of hydrogen-bond donors (Lipinski definition) is 0. The highest BCUT2D eigenvalue weighted by Gasteiger charge is 2.48. The average Bonchev–Trinajstić information content (AvgIpc) is 2.56. The molecule has 0 spiro atoms. The van der Waals surface area contributed by atoms with Gasteiger partial charge in [0.1, 0.15) is 6.10 Å². The van der Waals surface area contributed by atoms with E-state index < -0.39 is 38.1 Å². The largest absolute Gasteiger partial charge is 0.478 e. The first-order chi connectivity index (χ1) is 12.0. The predicted molar refractivity (Wildman–Crippen MR) is 90.0 cm³/mol. The molecule has 1 rings (SSSR count). The quantitative estimate of drug-likeness (QED) is 0.331. The summed E-state index contributed by atoms with van der Waals surface area (Å²) < 4.78 is 37.3. The van der Waals surface area contributed by atoms with Gasteiger partial charge in [-0.1, -0.05) is 27.7 Å². The summed E-state index contributed by atoms with van der Waals surface area (Å²) in [5.41, 5.74) is -0.728. The van der Waals surface area contributed by atoms with Gasteiger partial charge >= 0.3 is 19.8 Å². The maximum atomic E-state index is 12.5. The molecule has 0 aliphatic carbocycles. The van der Waals surface area contributed by atoms with Crippen LogP contribution in [-0.4, -0.2) is 44.3 Å². The molecule has 1 aliphatic heterocycles. The zero-order chi connectivity index (χ0) is 20.0. The van der Waals surface area contributed by atoms with Gasteiger partial charge in [-0.15, -0.1) is 0 Å². The molecule has 150 valence electrons. The van der Waals surface area contributed by atoms with Crippen LogP contribution in [0.15, 0.2) is 0 Å². The number of hydrogen-bond acceptors (Lipinski definition) is 9. The van der Waals surface area contributed by atoms with Crippen molar-refractivity contribution in [2.24, 2.45) is 11.3 Å². The third-order valence-electron chi connectivity index (χ3n) is 3.75. The molecule has 10 heteroatoms. The van der Waals surface area contributed by atoms with Crippen molar-refractivity contribution >= 4 is 25.5 Å². The molecule has 1 unspecified atom stereocenters. The lowest BCUT2D eigenvalue weighted by Crippen LogP contribution is -2.44. The first-order valence-corrected chi connectivity index (χ1v) is 9.80. The second-order valence-electron chi connectivity index (χ2n) is 6.96. The summed E-state index contributed by atoms with van der Waals surface area (Å²) in [5, 5.41) is 0. The van der Waals surface area contributed by atoms with Gasteiger partial charge in [-0.3, -0.25) is 23.4 Å². The highest BCUT2D eigenvalue weighted by atomic mass is 31.2. The van der Waals surface area contributed by atoms with Crippen LogP contribution in [0.25, 0.3) is 0 Å². The van der Waals surface area contributed by atoms with E-state index in [-0.39, 0.29) is 31.1 Å². The third kappa shape index (κ3) is 6.79. The smallest absolute Gasteiger partial charge is 0.469 e. The summed E-state index contributed by atoms with van der Waals surface area (Å²) in [4.78, 5) is 35.0. The first-order valence-electron chi connectivity index (χ1n) is 8.34. The minimum absolute atomic E-state index is 0.0319. The normalized spacial score (nSPS) is 24.9. The lowest BCUT2D eigenvalue weighted by molar-refractivity contribution is -0.158. The summed E-state index contributed by atoms with van der Waals surface area (Å²) in [6.07, 6.45) is -0.573. The standard InChI is InChI=1S/C16H27O9P/c1-11(2)15(19)22-10-24-26(20)23-9-16(3,4)14(25-26)12(17)7-6-8-13(18)21-5/h11,14H,6-10H2,1-5H3/t14-,26?/m0/s1. The first kappa shape index (κ1) is 22.8. The Labute approximate surface area is 153 Å². The maximum absolute atomic E-state index is 12.5. The lowest BCUT2D eigenvalue weighted by Gasteiger charge is -2.39. The number of esters is 2. The molecular formula is C16H27O9P. The molecule has 1 saturated heterocycles. The second kappa shape index (κ2) is 9.60. The lowest BCUT2D eigenvalue weighted by atomic mass is 9.84. The zero-order valence-electron chi connectivity index (χ0n) is 15.8. The topological polar surface area (TPSA) is 114 Å². The van der Waals surface area contributed by atoms with Crippen molar-refractivity contribution < 1.29 is 42.0 Å². The van der Waals surface area contributed by atoms with E-state index in [4.69, 9.17) is 18.3 Å². The fourth-order valence-corrected chi connectivity index (χ4v) is 3.67. The van der Waals surface area contributed by atoms with Crippen LogP contribution >= 0.6 is 7.82 Å². The summed E-state index contributed by atoms with van der Waals surface area (Å²) in [5.74, 6) is -1.61. The van der Waals surface area contributed by atoms with Gasteiger partial charge < -0.3 is 9.47 Å². The molecule has 0 aromatic heterocycles. The number of carbonyl (C=O) groups excluding carboxylic acids is 3. The van der Waals surface area contributed by atoms with Crippen LogP contribution in [-0.2, 0) is 42.0 Å². The number of ketones is 1. The molecule has 9 nitrogen and oxygen atoms in total. The van der Waals surface area contributed by atoms with E-state index in [1.807, 2.05) is 0 Å². The van der Waals surface area contributed by atoms with E-state index >= 15 is 0 Å². The van der Waals surface area contributed by atoms with E-state index in [1.165, 1.54) is 7.11 Å². The SMILES string of the molecule is COC(=O)CCCC(=O)[C@@H]1OP(=O)(OCOC(=O)C(C)C)OCC1(C)C. The Bertz CT molecular complexity index is 570. The molecule has 0 aromatic carbocycles. The number of phosphoric acid groups is 1. The molecular weight excluding hydrogens is 367 g/mol. The minimum Gasteiger partial charge on any atom is -0.469 e. The van der Waals surface area contributed by atoms with Gasteiger partial charge in [0.05, 0.1) is 19.6 Å². The zero-order valence-corrected chi connectivity index (χ0v) is 16.7. The second-order valence-corrected chi connectivity index (χ2v) is 8.58. The van der Waals surface area contributed by atoms with Crippen LogP contribution < -0.4 is 0 Å². The summed E-state index contributed by atoms with van der Waals surface area (Å²) in [6, 6.07) is 0. The van der Waals surface area contributed by atoms with Gasteiger partial charge in [-0.05, 0) is 6.42 Å². The van der Waals surface area contributed by atoms with Crippen molar-refractivity contribution in [3.63, 3.8) is 0 Å². The molecule has 26 heavy (non-hydrogen) atoms. The molecule has 0 N–H and O–H groups in total. The summed E-state index contributed by atoms with van der Waals surface area (Å²) in [6.45, 7) is 6.12. The van der Waals surface area contributed by atoms with Crippen LogP contribution in [0.3, 0.4) is 0 Å². The van der Waals surface area contributed by atoms with Crippen molar-refractivity contribution in [3.05, 3.63) is 0 Å². The van der Waals surface area contributed by atoms with Gasteiger partial charge in [0.15, 0.2) is 5.78 Å². The number of carbonyl (C=O) groups is 3. The van der Waals surface area contributed by atoms with Crippen LogP contribution in [0.4, 0.5) is 0 Å². The fraction of sp³-hybridized carbons (Fsp3) is 0.812. The number of ether oxygens (including phenoxy) is 2. The monoisotopic (exact) mass is 394 g/mol. The van der Waals surface area contributed by atoms with Crippen molar-refractivity contribution in [2.45, 2.75) is 53.1 Å². The molecule has 1 fully saturated rings. The molecule has 2 atom stereocenters. The predicted octanol–water partition coefficient (Wildman–Crippen LogP) is 2.62. The highest BCUT2D eigenvalue weighted by molar-refractivity contribution is 7.48. The molecule has 0 amide bonds. The van der Waals surface area contributed by atoms with Crippen LogP contribution in [0.5, 0.6) is 0 Å². The van der Waals surface area contributed by atoms with Gasteiger partial charge in [-0.25, -0.2) is 9.09 Å². The molecule has 0 radical (unpaired) electrons. The van der Waals surface area contributed by atoms with E-state index in [1.54, 1.807) is 27.7 Å². The van der Waals surface area contributed by atoms with Crippen molar-refractivity contribution in [1.82, 2.24) is 0 Å². The molecule has 0 aromatic rings. The fourth-order valence-electron chi connectivity index (χ4n) is 2.14.